The third-order valence-corrected chi connectivity index (χ3v) is 6.25. The largest absolute Gasteiger partial charge is 0.488 e. The average Bonchev–Trinajstić information content (AvgIpc) is 3.09. The SMILES string of the molecule is Fc1cccc(OC2CN([C@H]3CC[C@H](c4c[nH]c5ccccc54)CC3)C2)c1. The Morgan fingerprint density at radius 3 is 2.59 bits per heavy atom. The number of hydrogen-bond donors (Lipinski definition) is 1. The first-order valence-electron chi connectivity index (χ1n) is 9.98. The monoisotopic (exact) mass is 364 g/mol. The van der Waals surface area contributed by atoms with Gasteiger partial charge in [-0.25, -0.2) is 4.39 Å². The Balaban J connectivity index is 1.14. The molecule has 1 saturated carbocycles. The second kappa shape index (κ2) is 7.01. The Bertz CT molecular complexity index is 923. The lowest BCUT2D eigenvalue weighted by molar-refractivity contribution is -0.0202. The molecule has 1 aliphatic heterocycles. The number of para-hydroxylation sites is 1. The molecule has 2 heterocycles. The van der Waals surface area contributed by atoms with Crippen LogP contribution in [0, 0.1) is 5.82 Å². The molecule has 1 N–H and O–H groups in total. The lowest BCUT2D eigenvalue weighted by Gasteiger charge is -2.46. The highest BCUT2D eigenvalue weighted by Gasteiger charge is 2.36. The number of halogens is 1. The molecule has 1 aromatic heterocycles. The highest BCUT2D eigenvalue weighted by molar-refractivity contribution is 5.83. The molecule has 3 aromatic rings. The first-order valence-corrected chi connectivity index (χ1v) is 9.98. The molecule has 0 bridgehead atoms. The van der Waals surface area contributed by atoms with Crippen LogP contribution in [0.25, 0.3) is 10.9 Å². The number of likely N-dealkylation sites (tertiary alicyclic amines) is 1. The van der Waals surface area contributed by atoms with Crippen molar-refractivity contribution in [2.75, 3.05) is 13.1 Å². The topological polar surface area (TPSA) is 28.3 Å². The first-order chi connectivity index (χ1) is 13.3. The van der Waals surface area contributed by atoms with Gasteiger partial charge in [-0.15, -0.1) is 0 Å². The summed E-state index contributed by atoms with van der Waals surface area (Å²) in [7, 11) is 0. The van der Waals surface area contributed by atoms with Crippen LogP contribution in [-0.4, -0.2) is 35.1 Å². The number of benzene rings is 2. The molecule has 27 heavy (non-hydrogen) atoms. The number of aromatic amines is 1. The molecular formula is C23H25FN2O. The molecular weight excluding hydrogens is 339 g/mol. The minimum Gasteiger partial charge on any atom is -0.488 e. The van der Waals surface area contributed by atoms with Crippen molar-refractivity contribution < 1.29 is 9.13 Å². The zero-order valence-corrected chi connectivity index (χ0v) is 15.4. The Morgan fingerprint density at radius 2 is 1.78 bits per heavy atom. The lowest BCUT2D eigenvalue weighted by atomic mass is 9.80. The van der Waals surface area contributed by atoms with E-state index in [2.05, 4.69) is 40.3 Å². The van der Waals surface area contributed by atoms with Crippen molar-refractivity contribution in [2.24, 2.45) is 0 Å². The minimum atomic E-state index is -0.237. The fourth-order valence-electron chi connectivity index (χ4n) is 4.76. The van der Waals surface area contributed by atoms with Crippen LogP contribution < -0.4 is 4.74 Å². The Kier molecular flexibility index (Phi) is 4.36. The fourth-order valence-corrected chi connectivity index (χ4v) is 4.76. The molecule has 2 fully saturated rings. The smallest absolute Gasteiger partial charge is 0.126 e. The summed E-state index contributed by atoms with van der Waals surface area (Å²) in [4.78, 5) is 5.96. The van der Waals surface area contributed by atoms with Crippen molar-refractivity contribution in [1.29, 1.82) is 0 Å². The van der Waals surface area contributed by atoms with Gasteiger partial charge in [-0.2, -0.15) is 0 Å². The van der Waals surface area contributed by atoms with Crippen LogP contribution in [0.3, 0.4) is 0 Å². The van der Waals surface area contributed by atoms with Crippen molar-refractivity contribution in [2.45, 2.75) is 43.7 Å². The molecule has 4 heteroatoms. The van der Waals surface area contributed by atoms with Crippen LogP contribution in [-0.2, 0) is 0 Å². The van der Waals surface area contributed by atoms with Crippen molar-refractivity contribution in [3.05, 3.63) is 66.1 Å². The number of H-pyrrole nitrogens is 1. The Morgan fingerprint density at radius 1 is 0.963 bits per heavy atom. The minimum absolute atomic E-state index is 0.193. The highest BCUT2D eigenvalue weighted by Crippen LogP contribution is 2.39. The molecule has 0 radical (unpaired) electrons. The number of ether oxygens (including phenoxy) is 1. The Labute approximate surface area is 159 Å². The molecule has 140 valence electrons. The molecule has 5 rings (SSSR count). The van der Waals surface area contributed by atoms with Crippen molar-refractivity contribution in [1.82, 2.24) is 9.88 Å². The number of nitrogens with one attached hydrogen (secondary N) is 1. The van der Waals surface area contributed by atoms with Gasteiger partial charge < -0.3 is 9.72 Å². The van der Waals surface area contributed by atoms with Crippen LogP contribution in [0.2, 0.25) is 0 Å². The molecule has 0 spiro atoms. The van der Waals surface area contributed by atoms with Crippen LogP contribution >= 0.6 is 0 Å². The molecule has 0 atom stereocenters. The number of rotatable bonds is 4. The van der Waals surface area contributed by atoms with Crippen LogP contribution in [0.5, 0.6) is 5.75 Å². The highest BCUT2D eigenvalue weighted by atomic mass is 19.1. The number of hydrogen-bond acceptors (Lipinski definition) is 2. The molecule has 2 aliphatic rings. The molecule has 0 unspecified atom stereocenters. The van der Waals surface area contributed by atoms with E-state index < -0.39 is 0 Å². The number of aromatic nitrogens is 1. The normalized spacial score (nSPS) is 24.0. The van der Waals surface area contributed by atoms with E-state index in [0.29, 0.717) is 17.7 Å². The van der Waals surface area contributed by atoms with Crippen molar-refractivity contribution >= 4 is 10.9 Å². The molecule has 3 nitrogen and oxygen atoms in total. The van der Waals surface area contributed by atoms with Gasteiger partial charge in [-0.05, 0) is 55.4 Å². The van der Waals surface area contributed by atoms with Crippen molar-refractivity contribution in [3.8, 4) is 5.75 Å². The molecule has 2 aromatic carbocycles. The fraction of sp³-hybridized carbons (Fsp3) is 0.391. The van der Waals surface area contributed by atoms with E-state index in [1.807, 2.05) is 6.07 Å². The second-order valence-corrected chi connectivity index (χ2v) is 7.95. The van der Waals surface area contributed by atoms with Crippen LogP contribution in [0.1, 0.15) is 37.2 Å². The summed E-state index contributed by atoms with van der Waals surface area (Å²) in [6, 6.07) is 15.7. The van der Waals surface area contributed by atoms with Gasteiger partial charge in [0.1, 0.15) is 17.7 Å². The van der Waals surface area contributed by atoms with Crippen LogP contribution in [0.4, 0.5) is 4.39 Å². The summed E-state index contributed by atoms with van der Waals surface area (Å²) in [5.74, 6) is 1.07. The van der Waals surface area contributed by atoms with E-state index in [1.54, 1.807) is 6.07 Å². The Hall–Kier alpha value is -2.33. The maximum absolute atomic E-state index is 13.3. The molecule has 1 saturated heterocycles. The maximum Gasteiger partial charge on any atom is 0.126 e. The number of fused-ring (bicyclic) bond motifs is 1. The van der Waals surface area contributed by atoms with Gasteiger partial charge in [0, 0.05) is 42.3 Å². The summed E-state index contributed by atoms with van der Waals surface area (Å²) in [6.45, 7) is 1.91. The van der Waals surface area contributed by atoms with Gasteiger partial charge in [-0.3, -0.25) is 4.90 Å². The van der Waals surface area contributed by atoms with E-state index in [1.165, 1.54) is 54.3 Å². The number of nitrogens with zero attached hydrogens (tertiary/aromatic N) is 1. The van der Waals surface area contributed by atoms with Gasteiger partial charge in [-0.1, -0.05) is 24.3 Å². The van der Waals surface area contributed by atoms with Crippen molar-refractivity contribution in [3.63, 3.8) is 0 Å². The summed E-state index contributed by atoms with van der Waals surface area (Å²) < 4.78 is 19.2. The predicted molar refractivity (Wildman–Crippen MR) is 106 cm³/mol. The van der Waals surface area contributed by atoms with Gasteiger partial charge >= 0.3 is 0 Å². The van der Waals surface area contributed by atoms with E-state index in [9.17, 15) is 4.39 Å². The zero-order valence-electron chi connectivity index (χ0n) is 15.4. The third kappa shape index (κ3) is 3.34. The summed E-state index contributed by atoms with van der Waals surface area (Å²) in [5.41, 5.74) is 2.73. The summed E-state index contributed by atoms with van der Waals surface area (Å²) in [5, 5.41) is 1.38. The quantitative estimate of drug-likeness (QED) is 0.698. The standard InChI is InChI=1S/C23H25FN2O/c24-17-4-3-5-19(12-17)27-20-14-26(15-20)18-10-8-16(9-11-18)22-13-25-23-7-2-1-6-21(22)23/h1-7,12-13,16,18,20,25H,8-11,14-15H2/t16-,18-. The average molecular weight is 364 g/mol. The van der Waals surface area contributed by atoms with Gasteiger partial charge in [0.05, 0.1) is 0 Å². The van der Waals surface area contributed by atoms with Gasteiger partial charge in [0.25, 0.3) is 0 Å². The van der Waals surface area contributed by atoms with Gasteiger partial charge in [0.15, 0.2) is 0 Å². The summed E-state index contributed by atoms with van der Waals surface area (Å²) >= 11 is 0. The van der Waals surface area contributed by atoms with Gasteiger partial charge in [0.2, 0.25) is 0 Å². The predicted octanol–water partition coefficient (Wildman–Crippen LogP) is 5.10. The third-order valence-electron chi connectivity index (χ3n) is 6.25. The zero-order chi connectivity index (χ0) is 18.2. The van der Waals surface area contributed by atoms with E-state index >= 15 is 0 Å². The molecule has 0 amide bonds. The van der Waals surface area contributed by atoms with E-state index in [0.717, 1.165) is 13.1 Å². The first kappa shape index (κ1) is 16.8. The van der Waals surface area contributed by atoms with E-state index in [-0.39, 0.29) is 11.9 Å². The summed E-state index contributed by atoms with van der Waals surface area (Å²) in [6.07, 6.45) is 7.39. The lowest BCUT2D eigenvalue weighted by Crippen LogP contribution is -2.58. The maximum atomic E-state index is 13.3. The second-order valence-electron chi connectivity index (χ2n) is 7.95. The molecule has 1 aliphatic carbocycles. The van der Waals surface area contributed by atoms with E-state index in [4.69, 9.17) is 4.74 Å². The van der Waals surface area contributed by atoms with Crippen LogP contribution in [0.15, 0.2) is 54.7 Å².